The molecule has 8 aromatic rings. The second-order valence-corrected chi connectivity index (χ2v) is 14.9. The molecule has 0 amide bonds. The summed E-state index contributed by atoms with van der Waals surface area (Å²) >= 11 is 0. The average Bonchev–Trinajstić information content (AvgIpc) is 3.50. The van der Waals surface area contributed by atoms with Crippen LogP contribution in [-0.4, -0.2) is 9.97 Å². The number of hydrogen-bond donors (Lipinski definition) is 0. The van der Waals surface area contributed by atoms with E-state index >= 15 is 0 Å². The molecule has 8 rings (SSSR count). The molecule has 0 atom stereocenters. The van der Waals surface area contributed by atoms with Crippen molar-refractivity contribution in [3.05, 3.63) is 155 Å². The Morgan fingerprint density at radius 3 is 1.77 bits per heavy atom. The topological polar surface area (TPSA) is 39.9 Å². The predicted molar refractivity (Wildman–Crippen MR) is 214 cm³/mol. The van der Waals surface area contributed by atoms with Crippen LogP contribution in [0.2, 0.25) is 0 Å². The Bertz CT molecular complexity index is 2560. The van der Waals surface area contributed by atoms with Crippen LogP contribution < -0.4 is 4.98 Å². The molecule has 52 heavy (non-hydrogen) atoms. The van der Waals surface area contributed by atoms with Gasteiger partial charge in [0.1, 0.15) is 0 Å². The Hall–Kier alpha value is -5.11. The number of rotatable bonds is 5. The van der Waals surface area contributed by atoms with E-state index in [4.69, 9.17) is 15.0 Å². The van der Waals surface area contributed by atoms with Gasteiger partial charge in [0.05, 0.1) is 5.69 Å². The van der Waals surface area contributed by atoms with Gasteiger partial charge < -0.3 is 4.98 Å². The summed E-state index contributed by atoms with van der Waals surface area (Å²) in [5.41, 5.74) is 19.1. The third-order valence-electron chi connectivity index (χ3n) is 10.2. The molecule has 0 saturated heterocycles. The first kappa shape index (κ1) is 35.3. The summed E-state index contributed by atoms with van der Waals surface area (Å²) in [7, 11) is 0. The van der Waals surface area contributed by atoms with E-state index < -0.39 is 0 Å². The molecule has 3 heterocycles. The van der Waals surface area contributed by atoms with Crippen molar-refractivity contribution in [2.45, 2.75) is 53.9 Å². The Kier molecular flexibility index (Phi) is 9.36. The summed E-state index contributed by atoms with van der Waals surface area (Å²) in [4.78, 5) is 15.0. The Balaban J connectivity index is 0.00000420. The van der Waals surface area contributed by atoms with Gasteiger partial charge in [-0.25, -0.2) is 0 Å². The number of para-hydroxylation sites is 2. The zero-order valence-electron chi connectivity index (χ0n) is 30.7. The van der Waals surface area contributed by atoms with Crippen molar-refractivity contribution in [3.8, 4) is 55.9 Å². The van der Waals surface area contributed by atoms with Gasteiger partial charge in [0.25, 0.3) is 0 Å². The normalized spacial score (nSPS) is 11.6. The summed E-state index contributed by atoms with van der Waals surface area (Å²) in [6, 6.07) is 42.7. The van der Waals surface area contributed by atoms with E-state index in [-0.39, 0.29) is 26.5 Å². The summed E-state index contributed by atoms with van der Waals surface area (Å²) < 4.78 is 0. The van der Waals surface area contributed by atoms with E-state index in [0.717, 1.165) is 61.0 Å². The molecule has 0 saturated carbocycles. The number of benzene rings is 5. The van der Waals surface area contributed by atoms with Gasteiger partial charge in [0.2, 0.25) is 0 Å². The van der Waals surface area contributed by atoms with Crippen LogP contribution in [0.4, 0.5) is 0 Å². The molecule has 0 spiro atoms. The molecule has 0 aliphatic carbocycles. The van der Waals surface area contributed by atoms with Gasteiger partial charge >= 0.3 is 21.1 Å². The smallest absolute Gasteiger partial charge is 0.662 e. The average molecular weight is 855 g/mol. The largest absolute Gasteiger partial charge is 2.00 e. The molecule has 0 radical (unpaired) electrons. The van der Waals surface area contributed by atoms with Gasteiger partial charge in [-0.05, 0) is 112 Å². The first-order chi connectivity index (χ1) is 24.6. The standard InChI is InChI=1S/C48H41N3.Pt/c1-29-13-10-14-30(2)44(29)36-26-34(25-35(27-36)42-19-8-9-21-49-42)38-15-11-16-39-40-17-12-18-41(47(40)51-46(38)39)43-28-33(20-22-50-43)45-31(3)23-37(24-32(45)4)48(5,6)7;/h8-24,26-28H,1-7H3;/q-2;+2. The van der Waals surface area contributed by atoms with Crippen LogP contribution in [0, 0.1) is 33.8 Å². The molecule has 0 aliphatic rings. The maximum Gasteiger partial charge on any atom is 2.00 e. The first-order valence-corrected chi connectivity index (χ1v) is 17.7. The van der Waals surface area contributed by atoms with Crippen LogP contribution in [0.5, 0.6) is 0 Å². The molecular formula is C48H41N3Pt. The van der Waals surface area contributed by atoms with Crippen molar-refractivity contribution in [2.75, 3.05) is 0 Å². The minimum absolute atomic E-state index is 0. The van der Waals surface area contributed by atoms with Crippen LogP contribution in [-0.2, 0) is 26.5 Å². The van der Waals surface area contributed by atoms with Crippen molar-refractivity contribution < 1.29 is 21.1 Å². The minimum atomic E-state index is 0. The molecule has 3 aromatic heterocycles. The molecule has 0 unspecified atom stereocenters. The summed E-state index contributed by atoms with van der Waals surface area (Å²) in [6.45, 7) is 15.6. The van der Waals surface area contributed by atoms with E-state index in [1.54, 1.807) is 0 Å². The van der Waals surface area contributed by atoms with Crippen molar-refractivity contribution in [1.29, 1.82) is 0 Å². The van der Waals surface area contributed by atoms with Crippen LogP contribution in [0.3, 0.4) is 0 Å². The zero-order valence-corrected chi connectivity index (χ0v) is 33.0. The number of aromatic nitrogens is 3. The van der Waals surface area contributed by atoms with Gasteiger partial charge in [-0.1, -0.05) is 116 Å². The Labute approximate surface area is 321 Å². The predicted octanol–water partition coefficient (Wildman–Crippen LogP) is 12.4. The van der Waals surface area contributed by atoms with Gasteiger partial charge in [-0.15, -0.1) is 29.3 Å². The molecule has 0 aliphatic heterocycles. The maximum absolute atomic E-state index is 5.41. The van der Waals surface area contributed by atoms with Crippen LogP contribution >= 0.6 is 0 Å². The second kappa shape index (κ2) is 13.8. The van der Waals surface area contributed by atoms with Crippen LogP contribution in [0.1, 0.15) is 48.6 Å². The van der Waals surface area contributed by atoms with Crippen LogP contribution in [0.15, 0.2) is 122 Å². The fraction of sp³-hybridized carbons (Fsp3) is 0.167. The van der Waals surface area contributed by atoms with E-state index in [2.05, 4.69) is 152 Å². The van der Waals surface area contributed by atoms with Crippen molar-refractivity contribution in [2.24, 2.45) is 0 Å². The van der Waals surface area contributed by atoms with E-state index in [9.17, 15) is 0 Å². The number of fused-ring (bicyclic) bond motifs is 3. The third-order valence-corrected chi connectivity index (χ3v) is 10.2. The Morgan fingerprint density at radius 2 is 1.12 bits per heavy atom. The minimum Gasteiger partial charge on any atom is -0.662 e. The van der Waals surface area contributed by atoms with Gasteiger partial charge in [0.15, 0.2) is 0 Å². The van der Waals surface area contributed by atoms with E-state index in [1.165, 1.54) is 44.5 Å². The fourth-order valence-electron chi connectivity index (χ4n) is 7.67. The summed E-state index contributed by atoms with van der Waals surface area (Å²) in [6.07, 6.45) is 3.77. The molecule has 0 fully saturated rings. The van der Waals surface area contributed by atoms with Crippen molar-refractivity contribution in [1.82, 2.24) is 15.0 Å². The third kappa shape index (κ3) is 6.33. The molecule has 0 bridgehead atoms. The van der Waals surface area contributed by atoms with Crippen molar-refractivity contribution >= 4 is 21.8 Å². The van der Waals surface area contributed by atoms with Gasteiger partial charge in [-0.2, -0.15) is 5.52 Å². The number of hydrogen-bond acceptors (Lipinski definition) is 2. The number of aryl methyl sites for hydroxylation is 4. The Morgan fingerprint density at radius 1 is 0.519 bits per heavy atom. The molecule has 5 aromatic carbocycles. The molecular weight excluding hydrogens is 814 g/mol. The van der Waals surface area contributed by atoms with Gasteiger partial charge in [-0.3, -0.25) is 9.97 Å². The zero-order chi connectivity index (χ0) is 35.4. The quantitative estimate of drug-likeness (QED) is 0.162. The number of nitrogens with zero attached hydrogens (tertiary/aromatic N) is 3. The van der Waals surface area contributed by atoms with Crippen molar-refractivity contribution in [3.63, 3.8) is 0 Å². The van der Waals surface area contributed by atoms with E-state index in [1.807, 2.05) is 24.5 Å². The molecule has 3 nitrogen and oxygen atoms in total. The SMILES string of the molecule is Cc1cccc(C)c1-c1cc(-c2ccccn2)[c-]c(-c2cccc3c2[n-]c2c(-c4cc(-c5c(C)cc(C(C)(C)C)cc5C)ccn4)cccc23)c1.[Pt+2]. The van der Waals surface area contributed by atoms with E-state index in [0.29, 0.717) is 0 Å². The van der Waals surface area contributed by atoms with Gasteiger partial charge in [0, 0.05) is 18.1 Å². The first-order valence-electron chi connectivity index (χ1n) is 17.7. The monoisotopic (exact) mass is 854 g/mol. The fourth-order valence-corrected chi connectivity index (χ4v) is 7.67. The number of pyridine rings is 2. The van der Waals surface area contributed by atoms with Crippen LogP contribution in [0.25, 0.3) is 77.7 Å². The summed E-state index contributed by atoms with van der Waals surface area (Å²) in [5, 5.41) is 2.24. The molecule has 258 valence electrons. The summed E-state index contributed by atoms with van der Waals surface area (Å²) in [5.74, 6) is 0. The molecule has 4 heteroatoms. The maximum atomic E-state index is 5.41. The second-order valence-electron chi connectivity index (χ2n) is 14.9. The molecule has 0 N–H and O–H groups in total.